The van der Waals surface area contributed by atoms with Gasteiger partial charge in [-0.05, 0) is 65.1 Å². The first-order valence-corrected chi connectivity index (χ1v) is 8.15. The van der Waals surface area contributed by atoms with Crippen LogP contribution in [-0.2, 0) is 0 Å². The van der Waals surface area contributed by atoms with Crippen molar-refractivity contribution < 1.29 is 4.92 Å². The van der Waals surface area contributed by atoms with Crippen LogP contribution in [0.5, 0.6) is 0 Å². The van der Waals surface area contributed by atoms with Crippen molar-refractivity contribution in [3.63, 3.8) is 0 Å². The van der Waals surface area contributed by atoms with Gasteiger partial charge in [-0.1, -0.05) is 29.5 Å². The molecule has 23 heavy (non-hydrogen) atoms. The minimum Gasteiger partial charge on any atom is -0.258 e. The molecule has 0 bridgehead atoms. The molecule has 0 fully saturated rings. The Hall–Kier alpha value is -2.10. The van der Waals surface area contributed by atoms with E-state index in [0.29, 0.717) is 10.4 Å². The van der Waals surface area contributed by atoms with E-state index in [4.69, 9.17) is 11.6 Å². The molecule has 0 N–H and O–H groups in total. The molecule has 0 aromatic heterocycles. The summed E-state index contributed by atoms with van der Waals surface area (Å²) in [5.74, 6) is 6.18. The Morgan fingerprint density at radius 1 is 1.00 bits per heavy atom. The van der Waals surface area contributed by atoms with E-state index in [1.165, 1.54) is 6.07 Å². The second-order valence-corrected chi connectivity index (χ2v) is 6.41. The number of nitrogens with zero attached hydrogens (tertiary/aromatic N) is 1. The van der Waals surface area contributed by atoms with Gasteiger partial charge in [0.25, 0.3) is 5.69 Å². The van der Waals surface area contributed by atoms with E-state index in [9.17, 15) is 10.1 Å². The molecule has 0 unspecified atom stereocenters. The zero-order valence-electron chi connectivity index (χ0n) is 11.7. The lowest BCUT2D eigenvalue weighted by Gasteiger charge is -2.04. The molecular formula is C18H9ClINO2. The lowest BCUT2D eigenvalue weighted by molar-refractivity contribution is -0.383. The average Bonchev–Trinajstić information content (AvgIpc) is 2.54. The number of hydrogen-bond acceptors (Lipinski definition) is 2. The van der Waals surface area contributed by atoms with Crippen molar-refractivity contribution in [2.24, 2.45) is 0 Å². The monoisotopic (exact) mass is 433 g/mol. The summed E-state index contributed by atoms with van der Waals surface area (Å²) in [5.41, 5.74) is 1.70. The summed E-state index contributed by atoms with van der Waals surface area (Å²) >= 11 is 8.04. The van der Waals surface area contributed by atoms with Crippen molar-refractivity contribution in [2.45, 2.75) is 0 Å². The van der Waals surface area contributed by atoms with E-state index in [1.54, 1.807) is 30.3 Å². The van der Waals surface area contributed by atoms with Crippen molar-refractivity contribution in [1.29, 1.82) is 0 Å². The Kier molecular flexibility index (Phi) is 4.51. The molecular weight excluding hydrogens is 425 g/mol. The third-order valence-electron chi connectivity index (χ3n) is 3.35. The van der Waals surface area contributed by atoms with Crippen LogP contribution in [0.25, 0.3) is 10.8 Å². The zero-order valence-corrected chi connectivity index (χ0v) is 14.6. The third kappa shape index (κ3) is 3.31. The molecule has 0 radical (unpaired) electrons. The largest absolute Gasteiger partial charge is 0.277 e. The molecule has 0 atom stereocenters. The number of fused-ring (bicyclic) bond motifs is 1. The Morgan fingerprint density at radius 3 is 2.43 bits per heavy atom. The van der Waals surface area contributed by atoms with Gasteiger partial charge in [0.15, 0.2) is 0 Å². The van der Waals surface area contributed by atoms with Gasteiger partial charge in [0.05, 0.1) is 10.3 Å². The van der Waals surface area contributed by atoms with Crippen LogP contribution < -0.4 is 0 Å². The lowest BCUT2D eigenvalue weighted by atomic mass is 10.0. The zero-order chi connectivity index (χ0) is 16.4. The van der Waals surface area contributed by atoms with Crippen molar-refractivity contribution in [2.75, 3.05) is 0 Å². The molecule has 112 valence electrons. The Labute approximate surface area is 151 Å². The Balaban J connectivity index is 2.18. The van der Waals surface area contributed by atoms with Crippen molar-refractivity contribution >= 4 is 50.7 Å². The van der Waals surface area contributed by atoms with E-state index >= 15 is 0 Å². The maximum atomic E-state index is 11.2. The SMILES string of the molecule is O=[N+]([O-])c1ccc(I)c2c(C#Cc3ccc(Cl)cc3)cccc12. The van der Waals surface area contributed by atoms with E-state index in [0.717, 1.165) is 20.1 Å². The van der Waals surface area contributed by atoms with Crippen molar-refractivity contribution in [3.05, 3.63) is 84.4 Å². The van der Waals surface area contributed by atoms with Crippen LogP contribution in [-0.4, -0.2) is 4.92 Å². The van der Waals surface area contributed by atoms with Gasteiger partial charge < -0.3 is 0 Å². The van der Waals surface area contributed by atoms with Crippen LogP contribution in [0.1, 0.15) is 11.1 Å². The number of nitro benzene ring substituents is 1. The van der Waals surface area contributed by atoms with E-state index in [1.807, 2.05) is 18.2 Å². The number of benzene rings is 3. The van der Waals surface area contributed by atoms with Crippen LogP contribution in [0.3, 0.4) is 0 Å². The smallest absolute Gasteiger partial charge is 0.258 e. The fourth-order valence-corrected chi connectivity index (χ4v) is 3.17. The second-order valence-electron chi connectivity index (χ2n) is 4.81. The molecule has 3 aromatic rings. The summed E-state index contributed by atoms with van der Waals surface area (Å²) in [6, 6.07) is 15.9. The molecule has 0 aliphatic rings. The van der Waals surface area contributed by atoms with Crippen LogP contribution in [0.15, 0.2) is 54.6 Å². The molecule has 0 saturated heterocycles. The summed E-state index contributed by atoms with van der Waals surface area (Å²) in [4.78, 5) is 10.8. The maximum absolute atomic E-state index is 11.2. The standard InChI is InChI=1S/C18H9ClINO2/c19-14-8-5-12(6-9-14)4-7-13-2-1-3-15-17(21(22)23)11-10-16(20)18(13)15/h1-3,5-6,8-11H. The van der Waals surface area contributed by atoms with Gasteiger partial charge in [-0.25, -0.2) is 0 Å². The molecule has 3 aromatic carbocycles. The third-order valence-corrected chi connectivity index (χ3v) is 4.50. The molecule has 0 spiro atoms. The summed E-state index contributed by atoms with van der Waals surface area (Å²) in [6.07, 6.45) is 0. The van der Waals surface area contributed by atoms with Crippen LogP contribution >= 0.6 is 34.2 Å². The molecule has 0 aliphatic carbocycles. The molecule has 0 aliphatic heterocycles. The average molecular weight is 434 g/mol. The highest BCUT2D eigenvalue weighted by Crippen LogP contribution is 2.31. The quantitative estimate of drug-likeness (QED) is 0.223. The first-order chi connectivity index (χ1) is 11.1. The molecule has 0 saturated carbocycles. The Morgan fingerprint density at radius 2 is 1.74 bits per heavy atom. The predicted molar refractivity (Wildman–Crippen MR) is 101 cm³/mol. The highest BCUT2D eigenvalue weighted by atomic mass is 127. The van der Waals surface area contributed by atoms with Crippen LogP contribution in [0.2, 0.25) is 5.02 Å². The van der Waals surface area contributed by atoms with Gasteiger partial charge in [-0.3, -0.25) is 10.1 Å². The minimum absolute atomic E-state index is 0.0931. The molecule has 0 heterocycles. The summed E-state index contributed by atoms with van der Waals surface area (Å²) in [7, 11) is 0. The molecule has 3 nitrogen and oxygen atoms in total. The van der Waals surface area contributed by atoms with Gasteiger partial charge in [0, 0.05) is 31.2 Å². The van der Waals surface area contributed by atoms with Gasteiger partial charge in [0.2, 0.25) is 0 Å². The summed E-state index contributed by atoms with van der Waals surface area (Å²) in [5, 5.41) is 13.3. The summed E-state index contributed by atoms with van der Waals surface area (Å²) in [6.45, 7) is 0. The maximum Gasteiger partial charge on any atom is 0.277 e. The fraction of sp³-hybridized carbons (Fsp3) is 0. The predicted octanol–water partition coefficient (Wildman–Crippen LogP) is 5.41. The molecule has 0 amide bonds. The number of non-ortho nitro benzene ring substituents is 1. The topological polar surface area (TPSA) is 43.1 Å². The van der Waals surface area contributed by atoms with Crippen molar-refractivity contribution in [3.8, 4) is 11.8 Å². The number of halogens is 2. The highest BCUT2D eigenvalue weighted by molar-refractivity contribution is 14.1. The summed E-state index contributed by atoms with van der Waals surface area (Å²) < 4.78 is 0.934. The van der Waals surface area contributed by atoms with Gasteiger partial charge >= 0.3 is 0 Å². The van der Waals surface area contributed by atoms with E-state index in [2.05, 4.69) is 34.4 Å². The fourth-order valence-electron chi connectivity index (χ4n) is 2.28. The second kappa shape index (κ2) is 6.57. The van der Waals surface area contributed by atoms with Gasteiger partial charge in [-0.2, -0.15) is 0 Å². The van der Waals surface area contributed by atoms with E-state index in [-0.39, 0.29) is 10.6 Å². The minimum atomic E-state index is -0.366. The van der Waals surface area contributed by atoms with E-state index < -0.39 is 0 Å². The first-order valence-electron chi connectivity index (χ1n) is 6.69. The first kappa shape index (κ1) is 15.8. The lowest BCUT2D eigenvalue weighted by Crippen LogP contribution is -1.92. The number of rotatable bonds is 1. The Bertz CT molecular complexity index is 972. The normalized spacial score (nSPS) is 10.2. The molecule has 5 heteroatoms. The van der Waals surface area contributed by atoms with Crippen LogP contribution in [0.4, 0.5) is 5.69 Å². The highest BCUT2D eigenvalue weighted by Gasteiger charge is 2.15. The van der Waals surface area contributed by atoms with Crippen LogP contribution in [0, 0.1) is 25.5 Å². The number of nitro groups is 1. The van der Waals surface area contributed by atoms with Gasteiger partial charge in [0.1, 0.15) is 0 Å². The molecule has 3 rings (SSSR count). The van der Waals surface area contributed by atoms with Crippen molar-refractivity contribution in [1.82, 2.24) is 0 Å². The number of hydrogen-bond donors (Lipinski definition) is 0. The van der Waals surface area contributed by atoms with Gasteiger partial charge in [-0.15, -0.1) is 0 Å².